The third-order valence-electron chi connectivity index (χ3n) is 6.00. The van der Waals surface area contributed by atoms with Gasteiger partial charge in [0, 0.05) is 36.2 Å². The smallest absolute Gasteiger partial charge is 0.255 e. The predicted octanol–water partition coefficient (Wildman–Crippen LogP) is 4.95. The second-order valence-corrected chi connectivity index (χ2v) is 8.22. The molecule has 1 saturated carbocycles. The van der Waals surface area contributed by atoms with E-state index in [9.17, 15) is 4.79 Å². The molecule has 1 N–H and O–H groups in total. The summed E-state index contributed by atoms with van der Waals surface area (Å²) in [5.74, 6) is -0.0755. The maximum absolute atomic E-state index is 12.8. The first-order chi connectivity index (χ1) is 14.7. The minimum Gasteiger partial charge on any atom is -0.322 e. The minimum absolute atomic E-state index is 0.0755. The van der Waals surface area contributed by atoms with Crippen molar-refractivity contribution in [1.29, 1.82) is 0 Å². The number of nitrogens with zero attached hydrogens (tertiary/aromatic N) is 3. The highest BCUT2D eigenvalue weighted by molar-refractivity contribution is 6.04. The number of benzene rings is 2. The fraction of sp³-hybridized carbons (Fsp3) is 0.360. The Kier molecular flexibility index (Phi) is 6.60. The van der Waals surface area contributed by atoms with Gasteiger partial charge in [0.05, 0.1) is 6.54 Å². The van der Waals surface area contributed by atoms with Gasteiger partial charge in [0.2, 0.25) is 0 Å². The molecule has 0 aliphatic heterocycles. The lowest BCUT2D eigenvalue weighted by molar-refractivity contribution is 0.102. The van der Waals surface area contributed by atoms with Gasteiger partial charge in [0.25, 0.3) is 5.91 Å². The van der Waals surface area contributed by atoms with Crippen LogP contribution in [-0.4, -0.2) is 33.7 Å². The number of carbonyl (C=O) groups is 1. The van der Waals surface area contributed by atoms with Crippen molar-refractivity contribution in [1.82, 2.24) is 14.7 Å². The van der Waals surface area contributed by atoms with Crippen LogP contribution in [0.15, 0.2) is 67.0 Å². The number of carbonyl (C=O) groups excluding carboxylic acids is 1. The van der Waals surface area contributed by atoms with Gasteiger partial charge in [-0.25, -0.2) is 0 Å². The number of para-hydroxylation sites is 1. The molecule has 4 rings (SSSR count). The highest BCUT2D eigenvalue weighted by Gasteiger charge is 2.19. The van der Waals surface area contributed by atoms with Gasteiger partial charge >= 0.3 is 0 Å². The molecule has 5 heteroatoms. The van der Waals surface area contributed by atoms with Crippen LogP contribution in [0.1, 0.15) is 53.6 Å². The summed E-state index contributed by atoms with van der Waals surface area (Å²) in [6.45, 7) is 1.55. The first kappa shape index (κ1) is 20.4. The molecule has 3 aromatic rings. The number of hydrogen-bond donors (Lipinski definition) is 1. The largest absolute Gasteiger partial charge is 0.322 e. The van der Waals surface area contributed by atoms with Crippen molar-refractivity contribution in [3.63, 3.8) is 0 Å². The molecule has 1 aliphatic carbocycles. The third kappa shape index (κ3) is 5.16. The number of aromatic nitrogens is 2. The SMILES string of the molecule is CN(Cc1ccccc1NC(=O)c1ccc(Cn2cccn2)cc1)C1CCCCC1. The third-order valence-corrected chi connectivity index (χ3v) is 6.00. The summed E-state index contributed by atoms with van der Waals surface area (Å²) in [4.78, 5) is 15.3. The van der Waals surface area contributed by atoms with E-state index in [1.807, 2.05) is 59.4 Å². The van der Waals surface area contributed by atoms with Crippen molar-refractivity contribution in [2.24, 2.45) is 0 Å². The molecule has 0 unspecified atom stereocenters. The molecule has 0 bridgehead atoms. The number of amides is 1. The number of hydrogen-bond acceptors (Lipinski definition) is 3. The molecule has 0 radical (unpaired) electrons. The van der Waals surface area contributed by atoms with Crippen LogP contribution in [0.25, 0.3) is 0 Å². The fourth-order valence-corrected chi connectivity index (χ4v) is 4.24. The average Bonchev–Trinajstić information content (AvgIpc) is 3.29. The summed E-state index contributed by atoms with van der Waals surface area (Å²) in [6, 6.07) is 18.4. The Bertz CT molecular complexity index is 944. The lowest BCUT2D eigenvalue weighted by Crippen LogP contribution is -2.33. The van der Waals surface area contributed by atoms with Crippen molar-refractivity contribution in [2.45, 2.75) is 51.2 Å². The Balaban J connectivity index is 1.40. The first-order valence-electron chi connectivity index (χ1n) is 10.8. The monoisotopic (exact) mass is 402 g/mol. The Morgan fingerprint density at radius 1 is 1.07 bits per heavy atom. The maximum atomic E-state index is 12.8. The standard InChI is InChI=1S/C25H30N4O/c1-28(23-9-3-2-4-10-23)19-22-8-5-6-11-24(22)27-25(30)21-14-12-20(13-15-21)18-29-17-7-16-26-29/h5-8,11-17,23H,2-4,9-10,18-19H2,1H3,(H,27,30). The van der Waals surface area contributed by atoms with Crippen molar-refractivity contribution in [3.8, 4) is 0 Å². The Hall–Kier alpha value is -2.92. The number of rotatable bonds is 7. The molecule has 1 fully saturated rings. The molecule has 30 heavy (non-hydrogen) atoms. The molecule has 0 saturated heterocycles. The summed E-state index contributed by atoms with van der Waals surface area (Å²) < 4.78 is 1.87. The van der Waals surface area contributed by atoms with Crippen molar-refractivity contribution >= 4 is 11.6 Å². The fourth-order valence-electron chi connectivity index (χ4n) is 4.24. The van der Waals surface area contributed by atoms with Crippen molar-refractivity contribution < 1.29 is 4.79 Å². The van der Waals surface area contributed by atoms with Gasteiger partial charge in [-0.05, 0) is 55.3 Å². The molecule has 1 amide bonds. The second-order valence-electron chi connectivity index (χ2n) is 8.22. The molecule has 2 aromatic carbocycles. The zero-order valence-electron chi connectivity index (χ0n) is 17.6. The average molecular weight is 403 g/mol. The van der Waals surface area contributed by atoms with Crippen LogP contribution in [0.4, 0.5) is 5.69 Å². The van der Waals surface area contributed by atoms with Gasteiger partial charge in [0.15, 0.2) is 0 Å². The molecule has 1 aromatic heterocycles. The summed E-state index contributed by atoms with van der Waals surface area (Å²) in [6.07, 6.45) is 10.3. The zero-order valence-corrected chi connectivity index (χ0v) is 17.6. The Morgan fingerprint density at radius 2 is 1.83 bits per heavy atom. The Morgan fingerprint density at radius 3 is 2.57 bits per heavy atom. The Labute approximate surface area is 178 Å². The lowest BCUT2D eigenvalue weighted by Gasteiger charge is -2.31. The summed E-state index contributed by atoms with van der Waals surface area (Å²) in [5, 5.41) is 7.34. The van der Waals surface area contributed by atoms with Crippen LogP contribution in [0.2, 0.25) is 0 Å². The van der Waals surface area contributed by atoms with Crippen LogP contribution in [0, 0.1) is 0 Å². The van der Waals surface area contributed by atoms with E-state index in [0.717, 1.165) is 23.4 Å². The van der Waals surface area contributed by atoms with Gasteiger partial charge < -0.3 is 5.32 Å². The summed E-state index contributed by atoms with van der Waals surface area (Å²) in [5.41, 5.74) is 3.83. The van der Waals surface area contributed by atoms with Crippen LogP contribution in [-0.2, 0) is 13.1 Å². The number of nitrogens with one attached hydrogen (secondary N) is 1. The highest BCUT2D eigenvalue weighted by atomic mass is 16.1. The molecular weight excluding hydrogens is 372 g/mol. The van der Waals surface area contributed by atoms with E-state index >= 15 is 0 Å². The van der Waals surface area contributed by atoms with Gasteiger partial charge in [-0.3, -0.25) is 14.4 Å². The normalized spacial score (nSPS) is 14.7. The molecule has 1 aliphatic rings. The second kappa shape index (κ2) is 9.72. The van der Waals surface area contributed by atoms with E-state index in [1.165, 1.54) is 32.1 Å². The molecule has 5 nitrogen and oxygen atoms in total. The van der Waals surface area contributed by atoms with Gasteiger partial charge in [-0.1, -0.05) is 49.6 Å². The predicted molar refractivity (Wildman–Crippen MR) is 121 cm³/mol. The quantitative estimate of drug-likeness (QED) is 0.608. The van der Waals surface area contributed by atoms with Gasteiger partial charge in [0.1, 0.15) is 0 Å². The van der Waals surface area contributed by atoms with Crippen LogP contribution in [0.5, 0.6) is 0 Å². The zero-order chi connectivity index (χ0) is 20.8. The van der Waals surface area contributed by atoms with Gasteiger partial charge in [-0.2, -0.15) is 5.10 Å². The molecule has 0 spiro atoms. The summed E-state index contributed by atoms with van der Waals surface area (Å²) >= 11 is 0. The van der Waals surface area contributed by atoms with E-state index in [-0.39, 0.29) is 5.91 Å². The first-order valence-corrected chi connectivity index (χ1v) is 10.8. The van der Waals surface area contributed by atoms with Gasteiger partial charge in [-0.15, -0.1) is 0 Å². The van der Waals surface area contributed by atoms with E-state index in [0.29, 0.717) is 18.2 Å². The van der Waals surface area contributed by atoms with E-state index in [1.54, 1.807) is 6.20 Å². The molecular formula is C25H30N4O. The topological polar surface area (TPSA) is 50.2 Å². The van der Waals surface area contributed by atoms with Crippen molar-refractivity contribution in [2.75, 3.05) is 12.4 Å². The van der Waals surface area contributed by atoms with Crippen molar-refractivity contribution in [3.05, 3.63) is 83.7 Å². The summed E-state index contributed by atoms with van der Waals surface area (Å²) in [7, 11) is 2.20. The molecule has 156 valence electrons. The molecule has 1 heterocycles. The van der Waals surface area contributed by atoms with E-state index < -0.39 is 0 Å². The number of anilines is 1. The van der Waals surface area contributed by atoms with Crippen LogP contribution >= 0.6 is 0 Å². The lowest BCUT2D eigenvalue weighted by atomic mass is 9.94. The van der Waals surface area contributed by atoms with Crippen LogP contribution < -0.4 is 5.32 Å². The highest BCUT2D eigenvalue weighted by Crippen LogP contribution is 2.25. The minimum atomic E-state index is -0.0755. The maximum Gasteiger partial charge on any atom is 0.255 e. The van der Waals surface area contributed by atoms with E-state index in [4.69, 9.17) is 0 Å². The molecule has 0 atom stereocenters. The van der Waals surface area contributed by atoms with E-state index in [2.05, 4.69) is 28.4 Å². The van der Waals surface area contributed by atoms with Crippen LogP contribution in [0.3, 0.4) is 0 Å².